The highest BCUT2D eigenvalue weighted by molar-refractivity contribution is 7.92. The zero-order valence-corrected chi connectivity index (χ0v) is 15.1. The lowest BCUT2D eigenvalue weighted by Gasteiger charge is -2.12. The number of hydrogen-bond acceptors (Lipinski definition) is 4. The zero-order chi connectivity index (χ0) is 17.6. The van der Waals surface area contributed by atoms with Crippen molar-refractivity contribution in [3.05, 3.63) is 48.5 Å². The molecule has 2 rings (SSSR count). The van der Waals surface area contributed by atoms with Crippen LogP contribution in [-0.4, -0.2) is 21.1 Å². The third-order valence-electron chi connectivity index (χ3n) is 3.22. The van der Waals surface area contributed by atoms with Gasteiger partial charge in [0.15, 0.2) is 0 Å². The largest absolute Gasteiger partial charge is 0.491 e. The van der Waals surface area contributed by atoms with Crippen molar-refractivity contribution in [2.75, 3.05) is 16.6 Å². The van der Waals surface area contributed by atoms with Crippen LogP contribution in [0.2, 0.25) is 0 Å². The molecule has 0 saturated carbocycles. The fourth-order valence-electron chi connectivity index (χ4n) is 2.11. The van der Waals surface area contributed by atoms with Gasteiger partial charge in [0.05, 0.1) is 11.0 Å². The molecule has 0 radical (unpaired) electrons. The molecular formula is C18H24N2O3S. The molecule has 0 aromatic heterocycles. The monoisotopic (exact) mass is 348 g/mol. The SMILES string of the molecule is CCCNc1ccc(NS(=O)(=O)c2ccc(OC(C)C)cc2)cc1. The third-order valence-corrected chi connectivity index (χ3v) is 4.62. The molecule has 0 saturated heterocycles. The molecular weight excluding hydrogens is 324 g/mol. The Morgan fingerprint density at radius 3 is 2.08 bits per heavy atom. The summed E-state index contributed by atoms with van der Waals surface area (Å²) in [5.74, 6) is 0.648. The van der Waals surface area contributed by atoms with E-state index >= 15 is 0 Å². The summed E-state index contributed by atoms with van der Waals surface area (Å²) in [6.45, 7) is 6.82. The summed E-state index contributed by atoms with van der Waals surface area (Å²) in [5, 5.41) is 3.25. The third kappa shape index (κ3) is 5.16. The number of benzene rings is 2. The molecule has 0 aliphatic carbocycles. The van der Waals surface area contributed by atoms with E-state index < -0.39 is 10.0 Å². The van der Waals surface area contributed by atoms with E-state index in [1.165, 1.54) is 12.1 Å². The van der Waals surface area contributed by atoms with Crippen LogP contribution in [0.25, 0.3) is 0 Å². The molecule has 2 aromatic carbocycles. The fraction of sp³-hybridized carbons (Fsp3) is 0.333. The Bertz CT molecular complexity index is 739. The standard InChI is InChI=1S/C18H24N2O3S/c1-4-13-19-15-5-7-16(8-6-15)20-24(21,22)18-11-9-17(10-12-18)23-14(2)3/h5-12,14,19-20H,4,13H2,1-3H3. The zero-order valence-electron chi connectivity index (χ0n) is 14.2. The van der Waals surface area contributed by atoms with Crippen molar-refractivity contribution >= 4 is 21.4 Å². The van der Waals surface area contributed by atoms with Crippen molar-refractivity contribution in [1.29, 1.82) is 0 Å². The van der Waals surface area contributed by atoms with Crippen molar-refractivity contribution < 1.29 is 13.2 Å². The van der Waals surface area contributed by atoms with Gasteiger partial charge in [-0.05, 0) is 68.8 Å². The minimum atomic E-state index is -3.61. The van der Waals surface area contributed by atoms with Crippen molar-refractivity contribution in [2.45, 2.75) is 38.2 Å². The average molecular weight is 348 g/mol. The van der Waals surface area contributed by atoms with Crippen LogP contribution >= 0.6 is 0 Å². The highest BCUT2D eigenvalue weighted by atomic mass is 32.2. The lowest BCUT2D eigenvalue weighted by atomic mass is 10.3. The maximum Gasteiger partial charge on any atom is 0.261 e. The van der Waals surface area contributed by atoms with E-state index in [2.05, 4.69) is 17.0 Å². The van der Waals surface area contributed by atoms with Crippen LogP contribution in [0.5, 0.6) is 5.75 Å². The minimum absolute atomic E-state index is 0.0467. The normalized spacial score (nSPS) is 11.3. The first-order valence-electron chi connectivity index (χ1n) is 8.04. The second-order valence-corrected chi connectivity index (χ2v) is 7.43. The number of rotatable bonds is 8. The van der Waals surface area contributed by atoms with Gasteiger partial charge in [-0.25, -0.2) is 8.42 Å². The van der Waals surface area contributed by atoms with E-state index in [1.54, 1.807) is 24.3 Å². The van der Waals surface area contributed by atoms with E-state index in [4.69, 9.17) is 4.74 Å². The van der Waals surface area contributed by atoms with Crippen molar-refractivity contribution in [3.63, 3.8) is 0 Å². The Balaban J connectivity index is 2.07. The molecule has 0 fully saturated rings. The van der Waals surface area contributed by atoms with Gasteiger partial charge in [0.2, 0.25) is 0 Å². The van der Waals surface area contributed by atoms with Gasteiger partial charge in [0, 0.05) is 17.9 Å². The Labute approximate surface area is 144 Å². The lowest BCUT2D eigenvalue weighted by Crippen LogP contribution is -2.13. The second-order valence-electron chi connectivity index (χ2n) is 5.75. The number of anilines is 2. The van der Waals surface area contributed by atoms with Gasteiger partial charge in [0.1, 0.15) is 5.75 Å². The van der Waals surface area contributed by atoms with Gasteiger partial charge in [-0.1, -0.05) is 6.92 Å². The van der Waals surface area contributed by atoms with Crippen LogP contribution in [0.1, 0.15) is 27.2 Å². The molecule has 0 heterocycles. The van der Waals surface area contributed by atoms with Crippen molar-refractivity contribution in [2.24, 2.45) is 0 Å². The number of sulfonamides is 1. The Morgan fingerprint density at radius 1 is 0.958 bits per heavy atom. The molecule has 0 amide bonds. The van der Waals surface area contributed by atoms with Crippen LogP contribution < -0.4 is 14.8 Å². The maximum absolute atomic E-state index is 12.4. The smallest absolute Gasteiger partial charge is 0.261 e. The van der Waals surface area contributed by atoms with E-state index in [9.17, 15) is 8.42 Å². The highest BCUT2D eigenvalue weighted by Crippen LogP contribution is 2.21. The first-order valence-corrected chi connectivity index (χ1v) is 9.52. The van der Waals surface area contributed by atoms with Crippen LogP contribution in [0, 0.1) is 0 Å². The first kappa shape index (κ1) is 18.1. The molecule has 0 spiro atoms. The molecule has 5 nitrogen and oxygen atoms in total. The predicted octanol–water partition coefficient (Wildman–Crippen LogP) is 4.10. The molecule has 2 aromatic rings. The van der Waals surface area contributed by atoms with Gasteiger partial charge in [-0.3, -0.25) is 4.72 Å². The van der Waals surface area contributed by atoms with Gasteiger partial charge in [0.25, 0.3) is 10.0 Å². The van der Waals surface area contributed by atoms with Crippen LogP contribution in [0.15, 0.2) is 53.4 Å². The average Bonchev–Trinajstić information content (AvgIpc) is 2.54. The summed E-state index contributed by atoms with van der Waals surface area (Å²) >= 11 is 0. The number of hydrogen-bond donors (Lipinski definition) is 2. The molecule has 0 aliphatic rings. The summed E-state index contributed by atoms with van der Waals surface area (Å²) in [4.78, 5) is 0.201. The summed E-state index contributed by atoms with van der Waals surface area (Å²) in [5.41, 5.74) is 1.49. The molecule has 6 heteroatoms. The van der Waals surface area contributed by atoms with E-state index in [0.29, 0.717) is 11.4 Å². The Morgan fingerprint density at radius 2 is 1.54 bits per heavy atom. The molecule has 130 valence electrons. The number of ether oxygens (including phenoxy) is 1. The van der Waals surface area contributed by atoms with Gasteiger partial charge >= 0.3 is 0 Å². The second kappa shape index (κ2) is 8.06. The minimum Gasteiger partial charge on any atom is -0.491 e. The van der Waals surface area contributed by atoms with Crippen LogP contribution in [-0.2, 0) is 10.0 Å². The highest BCUT2D eigenvalue weighted by Gasteiger charge is 2.14. The first-order chi connectivity index (χ1) is 11.4. The topological polar surface area (TPSA) is 67.4 Å². The van der Waals surface area contributed by atoms with E-state index in [-0.39, 0.29) is 11.0 Å². The molecule has 24 heavy (non-hydrogen) atoms. The van der Waals surface area contributed by atoms with Gasteiger partial charge in [-0.2, -0.15) is 0 Å². The molecule has 0 atom stereocenters. The summed E-state index contributed by atoms with van der Waals surface area (Å²) in [6.07, 6.45) is 1.08. The summed E-state index contributed by atoms with van der Waals surface area (Å²) < 4.78 is 33.0. The van der Waals surface area contributed by atoms with E-state index in [0.717, 1.165) is 18.7 Å². The molecule has 0 bridgehead atoms. The summed E-state index contributed by atoms with van der Waals surface area (Å²) in [7, 11) is -3.61. The Kier molecular flexibility index (Phi) is 6.09. The fourth-order valence-corrected chi connectivity index (χ4v) is 3.17. The quantitative estimate of drug-likeness (QED) is 0.754. The van der Waals surface area contributed by atoms with Gasteiger partial charge < -0.3 is 10.1 Å². The van der Waals surface area contributed by atoms with Crippen LogP contribution in [0.4, 0.5) is 11.4 Å². The number of nitrogens with one attached hydrogen (secondary N) is 2. The lowest BCUT2D eigenvalue weighted by molar-refractivity contribution is 0.242. The van der Waals surface area contributed by atoms with Gasteiger partial charge in [-0.15, -0.1) is 0 Å². The summed E-state index contributed by atoms with van der Waals surface area (Å²) in [6, 6.07) is 13.6. The van der Waals surface area contributed by atoms with E-state index in [1.807, 2.05) is 26.0 Å². The molecule has 2 N–H and O–H groups in total. The Hall–Kier alpha value is -2.21. The molecule has 0 aliphatic heterocycles. The molecule has 0 unspecified atom stereocenters. The maximum atomic E-state index is 12.4. The predicted molar refractivity (Wildman–Crippen MR) is 98.2 cm³/mol. The van der Waals surface area contributed by atoms with Crippen LogP contribution in [0.3, 0.4) is 0 Å². The van der Waals surface area contributed by atoms with Crippen molar-refractivity contribution in [1.82, 2.24) is 0 Å². The van der Waals surface area contributed by atoms with Crippen molar-refractivity contribution in [3.8, 4) is 5.75 Å².